The Kier molecular flexibility index (Phi) is 2.70. The molecule has 3 N–H and O–H groups in total. The highest BCUT2D eigenvalue weighted by Crippen LogP contribution is 2.33. The van der Waals surface area contributed by atoms with E-state index in [1.54, 1.807) is 0 Å². The van der Waals surface area contributed by atoms with Gasteiger partial charge in [0.25, 0.3) is 0 Å². The largest absolute Gasteiger partial charge is 0.373 e. The lowest BCUT2D eigenvalue weighted by Crippen LogP contribution is -2.29. The molecular formula is C13H19N5. The Balaban J connectivity index is 2.07. The molecular weight excluding hydrogens is 226 g/mol. The van der Waals surface area contributed by atoms with Crippen LogP contribution in [0.3, 0.4) is 0 Å². The Morgan fingerprint density at radius 2 is 2.28 bits per heavy atom. The predicted octanol–water partition coefficient (Wildman–Crippen LogP) is 1.64. The van der Waals surface area contributed by atoms with Gasteiger partial charge in [0, 0.05) is 19.0 Å². The Hall–Kier alpha value is -1.62. The molecule has 0 aliphatic carbocycles. The van der Waals surface area contributed by atoms with E-state index in [4.69, 9.17) is 4.98 Å². The Morgan fingerprint density at radius 1 is 1.39 bits per heavy atom. The van der Waals surface area contributed by atoms with Crippen LogP contribution in [-0.4, -0.2) is 35.1 Å². The fourth-order valence-corrected chi connectivity index (χ4v) is 2.70. The van der Waals surface area contributed by atoms with Gasteiger partial charge in [-0.15, -0.1) is 0 Å². The summed E-state index contributed by atoms with van der Waals surface area (Å²) >= 11 is 0. The molecule has 5 nitrogen and oxygen atoms in total. The quantitative estimate of drug-likeness (QED) is 0.769. The highest BCUT2D eigenvalue weighted by atomic mass is 15.1. The molecule has 5 heteroatoms. The Morgan fingerprint density at radius 3 is 2.94 bits per heavy atom. The molecule has 0 aromatic carbocycles. The molecule has 18 heavy (non-hydrogen) atoms. The van der Waals surface area contributed by atoms with E-state index in [9.17, 15) is 0 Å². The fraction of sp³-hybridized carbons (Fsp3) is 0.538. The maximum absolute atomic E-state index is 4.70. The van der Waals surface area contributed by atoms with Gasteiger partial charge < -0.3 is 15.6 Å². The first kappa shape index (κ1) is 11.5. The molecule has 0 bridgehead atoms. The number of fused-ring (bicyclic) bond motifs is 1. The lowest BCUT2D eigenvalue weighted by Gasteiger charge is -2.23. The summed E-state index contributed by atoms with van der Waals surface area (Å²) in [6.45, 7) is 4.30. The van der Waals surface area contributed by atoms with Crippen LogP contribution in [0, 0.1) is 0 Å². The van der Waals surface area contributed by atoms with Gasteiger partial charge in [-0.3, -0.25) is 0 Å². The minimum atomic E-state index is 0.153. The summed E-state index contributed by atoms with van der Waals surface area (Å²) < 4.78 is 0. The molecule has 3 heterocycles. The van der Waals surface area contributed by atoms with Crippen molar-refractivity contribution in [1.82, 2.24) is 20.3 Å². The van der Waals surface area contributed by atoms with Crippen molar-refractivity contribution >= 4 is 17.0 Å². The van der Waals surface area contributed by atoms with Gasteiger partial charge in [0.05, 0.1) is 5.52 Å². The standard InChI is InChI=1S/C13H19N5/c1-3-13(6-7-15-8-13)12-16-9-4-5-10(14-2)17-11(9)18-12/h4-5,15H,3,6-8H2,1-2H3,(H2,14,16,17,18). The minimum absolute atomic E-state index is 0.153. The molecule has 1 aliphatic heterocycles. The van der Waals surface area contributed by atoms with Crippen LogP contribution in [0.1, 0.15) is 25.6 Å². The molecule has 1 unspecified atom stereocenters. The molecule has 2 aromatic rings. The van der Waals surface area contributed by atoms with E-state index < -0.39 is 0 Å². The molecule has 0 saturated carbocycles. The molecule has 0 spiro atoms. The van der Waals surface area contributed by atoms with E-state index in [0.717, 1.165) is 48.7 Å². The van der Waals surface area contributed by atoms with Gasteiger partial charge in [-0.25, -0.2) is 9.97 Å². The monoisotopic (exact) mass is 245 g/mol. The van der Waals surface area contributed by atoms with Crippen LogP contribution in [0.25, 0.3) is 11.2 Å². The van der Waals surface area contributed by atoms with Gasteiger partial charge in [-0.1, -0.05) is 6.92 Å². The molecule has 1 saturated heterocycles. The van der Waals surface area contributed by atoms with Crippen LogP contribution in [-0.2, 0) is 5.41 Å². The van der Waals surface area contributed by atoms with Crippen LogP contribution >= 0.6 is 0 Å². The van der Waals surface area contributed by atoms with Crippen molar-refractivity contribution in [2.24, 2.45) is 0 Å². The second-order valence-corrected chi connectivity index (χ2v) is 4.96. The summed E-state index contributed by atoms with van der Waals surface area (Å²) in [6.07, 6.45) is 2.24. The second-order valence-electron chi connectivity index (χ2n) is 4.96. The highest BCUT2D eigenvalue weighted by Gasteiger charge is 2.36. The van der Waals surface area contributed by atoms with E-state index in [0.29, 0.717) is 0 Å². The van der Waals surface area contributed by atoms with Gasteiger partial charge in [-0.2, -0.15) is 0 Å². The lowest BCUT2D eigenvalue weighted by molar-refractivity contribution is 0.430. The number of H-pyrrole nitrogens is 1. The smallest absolute Gasteiger partial charge is 0.179 e. The van der Waals surface area contributed by atoms with Gasteiger partial charge in [0.15, 0.2) is 5.65 Å². The molecule has 96 valence electrons. The number of nitrogens with zero attached hydrogens (tertiary/aromatic N) is 2. The fourth-order valence-electron chi connectivity index (χ4n) is 2.70. The number of rotatable bonds is 3. The summed E-state index contributed by atoms with van der Waals surface area (Å²) in [5.74, 6) is 1.93. The third kappa shape index (κ3) is 1.66. The second kappa shape index (κ2) is 4.24. The van der Waals surface area contributed by atoms with Crippen molar-refractivity contribution in [3.8, 4) is 0 Å². The average Bonchev–Trinajstić information content (AvgIpc) is 3.04. The first-order valence-electron chi connectivity index (χ1n) is 6.53. The minimum Gasteiger partial charge on any atom is -0.373 e. The first-order chi connectivity index (χ1) is 8.77. The summed E-state index contributed by atoms with van der Waals surface area (Å²) in [4.78, 5) is 12.6. The van der Waals surface area contributed by atoms with Crippen LogP contribution < -0.4 is 10.6 Å². The Labute approximate surface area is 106 Å². The Bertz CT molecular complexity index is 554. The maximum Gasteiger partial charge on any atom is 0.179 e. The van der Waals surface area contributed by atoms with Gasteiger partial charge in [-0.05, 0) is 31.5 Å². The number of aromatic amines is 1. The first-order valence-corrected chi connectivity index (χ1v) is 6.53. The molecule has 1 fully saturated rings. The van der Waals surface area contributed by atoms with Crippen molar-refractivity contribution in [3.63, 3.8) is 0 Å². The third-order valence-corrected chi connectivity index (χ3v) is 4.02. The van der Waals surface area contributed by atoms with Crippen molar-refractivity contribution < 1.29 is 0 Å². The number of pyridine rings is 1. The molecule has 0 radical (unpaired) electrons. The van der Waals surface area contributed by atoms with E-state index in [1.165, 1.54) is 0 Å². The number of aromatic nitrogens is 3. The van der Waals surface area contributed by atoms with Crippen LogP contribution in [0.2, 0.25) is 0 Å². The van der Waals surface area contributed by atoms with E-state index in [1.807, 2.05) is 19.2 Å². The van der Waals surface area contributed by atoms with E-state index >= 15 is 0 Å². The molecule has 1 aliphatic rings. The van der Waals surface area contributed by atoms with Crippen LogP contribution in [0.4, 0.5) is 5.82 Å². The maximum atomic E-state index is 4.70. The van der Waals surface area contributed by atoms with Gasteiger partial charge >= 0.3 is 0 Å². The van der Waals surface area contributed by atoms with Crippen molar-refractivity contribution in [2.75, 3.05) is 25.5 Å². The predicted molar refractivity (Wildman–Crippen MR) is 72.9 cm³/mol. The highest BCUT2D eigenvalue weighted by molar-refractivity contribution is 5.73. The molecule has 2 aromatic heterocycles. The number of hydrogen-bond donors (Lipinski definition) is 3. The van der Waals surface area contributed by atoms with E-state index in [2.05, 4.69) is 27.5 Å². The van der Waals surface area contributed by atoms with Crippen LogP contribution in [0.5, 0.6) is 0 Å². The number of hydrogen-bond acceptors (Lipinski definition) is 4. The normalized spacial score (nSPS) is 23.7. The molecule has 0 amide bonds. The van der Waals surface area contributed by atoms with Crippen molar-refractivity contribution in [3.05, 3.63) is 18.0 Å². The average molecular weight is 245 g/mol. The zero-order chi connectivity index (χ0) is 12.6. The summed E-state index contributed by atoms with van der Waals surface area (Å²) in [5.41, 5.74) is 1.97. The SMILES string of the molecule is CCC1(c2nc3nc(NC)ccc3[nH]2)CCNC1. The number of nitrogens with one attached hydrogen (secondary N) is 3. The zero-order valence-corrected chi connectivity index (χ0v) is 10.9. The zero-order valence-electron chi connectivity index (χ0n) is 10.9. The molecule has 3 rings (SSSR count). The van der Waals surface area contributed by atoms with E-state index in [-0.39, 0.29) is 5.41 Å². The van der Waals surface area contributed by atoms with Gasteiger partial charge in [0.2, 0.25) is 0 Å². The van der Waals surface area contributed by atoms with Crippen LogP contribution in [0.15, 0.2) is 12.1 Å². The van der Waals surface area contributed by atoms with Crippen molar-refractivity contribution in [1.29, 1.82) is 0 Å². The van der Waals surface area contributed by atoms with Crippen molar-refractivity contribution in [2.45, 2.75) is 25.2 Å². The summed E-state index contributed by atoms with van der Waals surface area (Å²) in [7, 11) is 1.87. The lowest BCUT2D eigenvalue weighted by atomic mass is 9.83. The summed E-state index contributed by atoms with van der Waals surface area (Å²) in [6, 6.07) is 4.01. The molecule has 1 atom stereocenters. The third-order valence-electron chi connectivity index (χ3n) is 4.02. The summed E-state index contributed by atoms with van der Waals surface area (Å²) in [5, 5.41) is 6.48. The number of imidazole rings is 1. The number of anilines is 1. The topological polar surface area (TPSA) is 65.6 Å². The van der Waals surface area contributed by atoms with Gasteiger partial charge in [0.1, 0.15) is 11.6 Å².